The highest BCUT2D eigenvalue weighted by Gasteiger charge is 1.96. The van der Waals surface area contributed by atoms with Crippen LogP contribution < -0.4 is 15.8 Å². The first-order valence-electron chi connectivity index (χ1n) is 4.07. The molecule has 0 saturated heterocycles. The molecule has 0 heterocycles. The first-order valence-corrected chi connectivity index (χ1v) is 5.59. The Bertz CT molecular complexity index is 367. The van der Waals surface area contributed by atoms with Gasteiger partial charge in [-0.15, -0.1) is 0 Å². The number of nitrogens with one attached hydrogen (secondary N) is 2. The number of anilines is 1. The second kappa shape index (κ2) is 5.64. The minimum Gasteiger partial charge on any atom is -0.376 e. The van der Waals surface area contributed by atoms with E-state index in [0.717, 1.165) is 5.56 Å². The molecule has 82 valence electrons. The number of hydrogen-bond acceptors (Lipinski definition) is 2. The van der Waals surface area contributed by atoms with Crippen LogP contribution in [0.5, 0.6) is 0 Å². The second-order valence-corrected chi connectivity index (χ2v) is 3.91. The fourth-order valence-corrected chi connectivity index (χ4v) is 1.39. The van der Waals surface area contributed by atoms with Crippen LogP contribution in [-0.2, 0) is 17.8 Å². The fraction of sp³-hybridized carbons (Fsp3) is 0.125. The average molecular weight is 245 g/mol. The van der Waals surface area contributed by atoms with Gasteiger partial charge in [0.05, 0.1) is 0 Å². The minimum absolute atomic E-state index is 0.244. The zero-order valence-electron chi connectivity index (χ0n) is 7.77. The maximum Gasteiger partial charge on any atom is 0.259 e. The van der Waals surface area contributed by atoms with Gasteiger partial charge < -0.3 is 11.1 Å². The molecule has 1 aromatic carbocycles. The number of thiocarbonyl (C=S) groups is 1. The largest absolute Gasteiger partial charge is 0.376 e. The Hall–Kier alpha value is -1.18. The molecular formula is C8H11N3O2S2. The SMILES string of the molecule is NC(=S)NCc1ccc(NS(=O)O)cc1. The van der Waals surface area contributed by atoms with Crippen LogP contribution in [0, 0.1) is 0 Å². The molecule has 0 aliphatic heterocycles. The van der Waals surface area contributed by atoms with Crippen molar-refractivity contribution in [1.29, 1.82) is 0 Å². The molecule has 0 aromatic heterocycles. The molecule has 5 nitrogen and oxygen atoms in total. The number of benzene rings is 1. The molecule has 0 fully saturated rings. The van der Waals surface area contributed by atoms with Crippen molar-refractivity contribution in [3.05, 3.63) is 29.8 Å². The Morgan fingerprint density at radius 2 is 2.07 bits per heavy atom. The Morgan fingerprint density at radius 3 is 2.53 bits per heavy atom. The summed E-state index contributed by atoms with van der Waals surface area (Å²) in [6.45, 7) is 0.540. The molecule has 0 radical (unpaired) electrons. The van der Waals surface area contributed by atoms with Gasteiger partial charge in [-0.2, -0.15) is 0 Å². The third kappa shape index (κ3) is 4.73. The van der Waals surface area contributed by atoms with E-state index in [2.05, 4.69) is 22.3 Å². The van der Waals surface area contributed by atoms with Gasteiger partial charge in [0, 0.05) is 12.2 Å². The minimum atomic E-state index is -2.04. The zero-order chi connectivity index (χ0) is 11.3. The summed E-state index contributed by atoms with van der Waals surface area (Å²) in [5.41, 5.74) is 6.83. The summed E-state index contributed by atoms with van der Waals surface area (Å²) in [6, 6.07) is 7.01. The standard InChI is InChI=1S/C8H11N3O2S2/c9-8(14)10-5-6-1-3-7(4-2-6)11-15(12)13/h1-4,11H,5H2,(H,12,13)(H3,9,10,14). The molecule has 0 spiro atoms. The van der Waals surface area contributed by atoms with Crippen molar-refractivity contribution in [2.75, 3.05) is 4.72 Å². The van der Waals surface area contributed by atoms with Gasteiger partial charge in [-0.25, -0.2) is 4.21 Å². The van der Waals surface area contributed by atoms with E-state index in [-0.39, 0.29) is 5.11 Å². The predicted octanol–water partition coefficient (Wildman–Crippen LogP) is 0.568. The van der Waals surface area contributed by atoms with Gasteiger partial charge in [-0.3, -0.25) is 9.27 Å². The van der Waals surface area contributed by atoms with E-state index >= 15 is 0 Å². The number of nitrogens with two attached hydrogens (primary N) is 1. The molecule has 7 heteroatoms. The number of rotatable bonds is 4. The molecule has 0 aliphatic rings. The van der Waals surface area contributed by atoms with E-state index in [9.17, 15) is 4.21 Å². The summed E-state index contributed by atoms with van der Waals surface area (Å²) in [4.78, 5) is 0. The van der Waals surface area contributed by atoms with E-state index in [0.29, 0.717) is 12.2 Å². The van der Waals surface area contributed by atoms with E-state index < -0.39 is 11.3 Å². The van der Waals surface area contributed by atoms with Crippen molar-refractivity contribution in [2.24, 2.45) is 5.73 Å². The highest BCUT2D eigenvalue weighted by Crippen LogP contribution is 2.09. The van der Waals surface area contributed by atoms with Crippen LogP contribution in [0.2, 0.25) is 0 Å². The molecular weight excluding hydrogens is 234 g/mol. The maximum atomic E-state index is 10.4. The van der Waals surface area contributed by atoms with E-state index in [4.69, 9.17) is 10.3 Å². The van der Waals surface area contributed by atoms with Crippen LogP contribution in [0.3, 0.4) is 0 Å². The quantitative estimate of drug-likeness (QED) is 0.460. The fourth-order valence-electron chi connectivity index (χ4n) is 0.981. The van der Waals surface area contributed by atoms with Gasteiger partial charge in [0.15, 0.2) is 5.11 Å². The summed E-state index contributed by atoms with van der Waals surface area (Å²) < 4.78 is 21.3. The van der Waals surface area contributed by atoms with Crippen LogP contribution in [-0.4, -0.2) is 13.9 Å². The third-order valence-corrected chi connectivity index (χ3v) is 2.18. The predicted molar refractivity (Wildman–Crippen MR) is 64.5 cm³/mol. The van der Waals surface area contributed by atoms with Gasteiger partial charge >= 0.3 is 0 Å². The smallest absolute Gasteiger partial charge is 0.259 e. The van der Waals surface area contributed by atoms with Crippen molar-refractivity contribution in [3.8, 4) is 0 Å². The first kappa shape index (κ1) is 11.9. The zero-order valence-corrected chi connectivity index (χ0v) is 9.40. The van der Waals surface area contributed by atoms with E-state index in [1.54, 1.807) is 24.3 Å². The van der Waals surface area contributed by atoms with Crippen LogP contribution in [0.25, 0.3) is 0 Å². The Labute approximate surface area is 95.5 Å². The molecule has 0 bridgehead atoms. The van der Waals surface area contributed by atoms with Gasteiger partial charge in [0.1, 0.15) is 0 Å². The first-order chi connectivity index (χ1) is 7.08. The monoisotopic (exact) mass is 245 g/mol. The maximum absolute atomic E-state index is 10.4. The summed E-state index contributed by atoms with van der Waals surface area (Å²) in [5, 5.41) is 3.05. The summed E-state index contributed by atoms with van der Waals surface area (Å²) in [5.74, 6) is 0. The van der Waals surface area contributed by atoms with Crippen LogP contribution in [0.4, 0.5) is 5.69 Å². The van der Waals surface area contributed by atoms with Crippen molar-refractivity contribution < 1.29 is 8.76 Å². The topological polar surface area (TPSA) is 87.4 Å². The molecule has 1 atom stereocenters. The lowest BCUT2D eigenvalue weighted by molar-refractivity contribution is 0.570. The molecule has 0 aliphatic carbocycles. The molecule has 5 N–H and O–H groups in total. The number of hydrogen-bond donors (Lipinski definition) is 4. The summed E-state index contributed by atoms with van der Waals surface area (Å²) in [7, 11) is 0. The Kier molecular flexibility index (Phi) is 4.47. The lowest BCUT2D eigenvalue weighted by atomic mass is 10.2. The van der Waals surface area contributed by atoms with Crippen molar-refractivity contribution in [1.82, 2.24) is 5.32 Å². The lowest BCUT2D eigenvalue weighted by Gasteiger charge is -2.05. The summed E-state index contributed by atoms with van der Waals surface area (Å²) >= 11 is 2.62. The van der Waals surface area contributed by atoms with E-state index in [1.807, 2.05) is 0 Å². The van der Waals surface area contributed by atoms with E-state index in [1.165, 1.54) is 0 Å². The normalized spacial score (nSPS) is 11.8. The lowest BCUT2D eigenvalue weighted by Crippen LogP contribution is -2.28. The van der Waals surface area contributed by atoms with Gasteiger partial charge in [0.25, 0.3) is 11.3 Å². The summed E-state index contributed by atoms with van der Waals surface area (Å²) in [6.07, 6.45) is 0. The molecule has 15 heavy (non-hydrogen) atoms. The Balaban J connectivity index is 2.56. The molecule has 1 aromatic rings. The van der Waals surface area contributed by atoms with Crippen molar-refractivity contribution >= 4 is 34.3 Å². The van der Waals surface area contributed by atoms with Gasteiger partial charge in [0.2, 0.25) is 0 Å². The molecule has 1 unspecified atom stereocenters. The van der Waals surface area contributed by atoms with Crippen LogP contribution in [0.1, 0.15) is 5.56 Å². The second-order valence-electron chi connectivity index (χ2n) is 2.77. The highest BCUT2D eigenvalue weighted by molar-refractivity contribution is 7.80. The van der Waals surface area contributed by atoms with Crippen LogP contribution >= 0.6 is 12.2 Å². The molecule has 1 rings (SSSR count). The molecule has 0 amide bonds. The average Bonchev–Trinajstić information content (AvgIpc) is 2.16. The van der Waals surface area contributed by atoms with Crippen molar-refractivity contribution in [2.45, 2.75) is 6.54 Å². The molecule has 0 saturated carbocycles. The Morgan fingerprint density at radius 1 is 1.47 bits per heavy atom. The van der Waals surface area contributed by atoms with Gasteiger partial charge in [-0.1, -0.05) is 12.1 Å². The van der Waals surface area contributed by atoms with Gasteiger partial charge in [-0.05, 0) is 29.9 Å². The third-order valence-electron chi connectivity index (χ3n) is 1.63. The van der Waals surface area contributed by atoms with Crippen LogP contribution in [0.15, 0.2) is 24.3 Å². The highest BCUT2D eigenvalue weighted by atomic mass is 32.2. The van der Waals surface area contributed by atoms with Crippen molar-refractivity contribution in [3.63, 3.8) is 0 Å².